The molecular weight excluding hydrogens is 246 g/mol. The van der Waals surface area contributed by atoms with E-state index in [-0.39, 0.29) is 0 Å². The van der Waals surface area contributed by atoms with Gasteiger partial charge in [0.25, 0.3) is 0 Å². The lowest BCUT2D eigenvalue weighted by Gasteiger charge is -2.23. The smallest absolute Gasteiger partial charge is 0.129 e. The van der Waals surface area contributed by atoms with Gasteiger partial charge in [0.15, 0.2) is 0 Å². The van der Waals surface area contributed by atoms with Crippen LogP contribution in [0.1, 0.15) is 45.4 Å². The van der Waals surface area contributed by atoms with Crippen LogP contribution in [0.4, 0.5) is 5.82 Å². The maximum absolute atomic E-state index is 4.74. The maximum atomic E-state index is 4.74. The summed E-state index contributed by atoms with van der Waals surface area (Å²) in [6.45, 7) is 14.4. The molecule has 0 aliphatic carbocycles. The van der Waals surface area contributed by atoms with E-state index in [1.807, 2.05) is 0 Å². The third-order valence-electron chi connectivity index (χ3n) is 3.96. The first-order valence-electron chi connectivity index (χ1n) is 7.90. The molecule has 1 fully saturated rings. The molecule has 20 heavy (non-hydrogen) atoms. The number of rotatable bonds is 5. The minimum Gasteiger partial charge on any atom is -0.354 e. The van der Waals surface area contributed by atoms with Gasteiger partial charge in [-0.05, 0) is 56.3 Å². The van der Waals surface area contributed by atoms with Gasteiger partial charge in [0, 0.05) is 24.8 Å². The van der Waals surface area contributed by atoms with E-state index in [0.29, 0.717) is 12.0 Å². The first-order chi connectivity index (χ1) is 9.45. The summed E-state index contributed by atoms with van der Waals surface area (Å²) in [7, 11) is 0. The van der Waals surface area contributed by atoms with Crippen molar-refractivity contribution in [3.05, 3.63) is 23.4 Å². The number of aryl methyl sites for hydroxylation is 1. The van der Waals surface area contributed by atoms with E-state index in [1.54, 1.807) is 0 Å². The summed E-state index contributed by atoms with van der Waals surface area (Å²) in [5, 5.41) is 3.52. The summed E-state index contributed by atoms with van der Waals surface area (Å²) in [4.78, 5) is 7.20. The van der Waals surface area contributed by atoms with Crippen molar-refractivity contribution >= 4 is 5.82 Å². The van der Waals surface area contributed by atoms with E-state index in [2.05, 4.69) is 57.0 Å². The van der Waals surface area contributed by atoms with E-state index in [0.717, 1.165) is 37.1 Å². The van der Waals surface area contributed by atoms with Gasteiger partial charge in [-0.25, -0.2) is 4.98 Å². The van der Waals surface area contributed by atoms with Gasteiger partial charge >= 0.3 is 0 Å². The lowest BCUT2D eigenvalue weighted by molar-refractivity contribution is 0.552. The molecule has 1 aromatic heterocycles. The second kappa shape index (κ2) is 6.57. The van der Waals surface area contributed by atoms with Gasteiger partial charge in [-0.2, -0.15) is 0 Å². The summed E-state index contributed by atoms with van der Waals surface area (Å²) in [5.41, 5.74) is 2.47. The summed E-state index contributed by atoms with van der Waals surface area (Å²) in [6.07, 6.45) is 1.27. The molecule has 0 saturated carbocycles. The molecule has 1 aliphatic heterocycles. The van der Waals surface area contributed by atoms with Crippen LogP contribution >= 0.6 is 0 Å². The molecule has 1 saturated heterocycles. The third-order valence-corrected chi connectivity index (χ3v) is 3.96. The first kappa shape index (κ1) is 15.3. The van der Waals surface area contributed by atoms with Crippen molar-refractivity contribution in [2.75, 3.05) is 18.0 Å². The van der Waals surface area contributed by atoms with Crippen LogP contribution < -0.4 is 10.2 Å². The molecular formula is C17H29N3. The van der Waals surface area contributed by atoms with Crippen molar-refractivity contribution in [3.63, 3.8) is 0 Å². The molecule has 1 aliphatic rings. The van der Waals surface area contributed by atoms with Gasteiger partial charge in [-0.1, -0.05) is 20.8 Å². The Balaban J connectivity index is 2.08. The lowest BCUT2D eigenvalue weighted by Crippen LogP contribution is -2.28. The van der Waals surface area contributed by atoms with Crippen molar-refractivity contribution in [1.29, 1.82) is 0 Å². The number of hydrogen-bond donors (Lipinski definition) is 1. The summed E-state index contributed by atoms with van der Waals surface area (Å²) in [5.74, 6) is 2.62. The quantitative estimate of drug-likeness (QED) is 0.893. The molecule has 2 unspecified atom stereocenters. The van der Waals surface area contributed by atoms with Crippen LogP contribution in [-0.4, -0.2) is 24.1 Å². The average molecular weight is 275 g/mol. The van der Waals surface area contributed by atoms with Gasteiger partial charge in [-0.15, -0.1) is 0 Å². The largest absolute Gasteiger partial charge is 0.354 e. The Morgan fingerprint density at radius 3 is 2.70 bits per heavy atom. The van der Waals surface area contributed by atoms with Gasteiger partial charge < -0.3 is 10.2 Å². The summed E-state index contributed by atoms with van der Waals surface area (Å²) in [6, 6.07) is 5.06. The molecule has 0 amide bonds. The number of aromatic nitrogens is 1. The van der Waals surface area contributed by atoms with E-state index in [1.165, 1.54) is 12.0 Å². The molecule has 3 nitrogen and oxygen atoms in total. The molecule has 112 valence electrons. The first-order valence-corrected chi connectivity index (χ1v) is 7.90. The van der Waals surface area contributed by atoms with Gasteiger partial charge in [-0.3, -0.25) is 0 Å². The van der Waals surface area contributed by atoms with Crippen LogP contribution in [0.25, 0.3) is 0 Å². The average Bonchev–Trinajstić information content (AvgIpc) is 2.67. The van der Waals surface area contributed by atoms with Crippen molar-refractivity contribution in [3.8, 4) is 0 Å². The highest BCUT2D eigenvalue weighted by Crippen LogP contribution is 2.28. The highest BCUT2D eigenvalue weighted by molar-refractivity contribution is 5.44. The van der Waals surface area contributed by atoms with Crippen molar-refractivity contribution in [1.82, 2.24) is 10.3 Å². The summed E-state index contributed by atoms with van der Waals surface area (Å²) >= 11 is 0. The number of nitrogens with zero attached hydrogens (tertiary/aromatic N) is 2. The van der Waals surface area contributed by atoms with Crippen molar-refractivity contribution < 1.29 is 0 Å². The predicted octanol–water partition coefficient (Wildman–Crippen LogP) is 3.37. The zero-order valence-electron chi connectivity index (χ0n) is 13.6. The fourth-order valence-electron chi connectivity index (χ4n) is 3.09. The van der Waals surface area contributed by atoms with Crippen LogP contribution in [0, 0.1) is 18.8 Å². The van der Waals surface area contributed by atoms with E-state index >= 15 is 0 Å². The molecule has 2 atom stereocenters. The Morgan fingerprint density at radius 2 is 2.10 bits per heavy atom. The molecule has 0 aromatic carbocycles. The third kappa shape index (κ3) is 3.95. The predicted molar refractivity (Wildman–Crippen MR) is 86.1 cm³/mol. The highest BCUT2D eigenvalue weighted by atomic mass is 15.2. The van der Waals surface area contributed by atoms with Crippen LogP contribution in [0.5, 0.6) is 0 Å². The monoisotopic (exact) mass is 275 g/mol. The number of nitrogens with one attached hydrogen (secondary N) is 1. The van der Waals surface area contributed by atoms with Crippen LogP contribution in [0.3, 0.4) is 0 Å². The fraction of sp³-hybridized carbons (Fsp3) is 0.706. The molecule has 0 radical (unpaired) electrons. The Bertz CT molecular complexity index is 442. The maximum Gasteiger partial charge on any atom is 0.129 e. The van der Waals surface area contributed by atoms with E-state index < -0.39 is 0 Å². The van der Waals surface area contributed by atoms with Crippen LogP contribution in [0.15, 0.2) is 12.1 Å². The fourth-order valence-corrected chi connectivity index (χ4v) is 3.09. The Kier molecular flexibility index (Phi) is 5.03. The normalized spacial score (nSPS) is 22.8. The standard InChI is InChI=1S/C17H29N3/c1-12(2)9-18-10-16-7-14(4)19-17(8-16)20-11-13(3)6-15(20)5/h7-8,12-13,15,18H,6,9-11H2,1-5H3. The molecule has 0 spiro atoms. The molecule has 1 N–H and O–H groups in total. The highest BCUT2D eigenvalue weighted by Gasteiger charge is 2.27. The molecule has 2 rings (SSSR count). The minimum absolute atomic E-state index is 0.607. The second-order valence-electron chi connectivity index (χ2n) is 6.84. The number of hydrogen-bond acceptors (Lipinski definition) is 3. The number of anilines is 1. The zero-order valence-corrected chi connectivity index (χ0v) is 13.6. The van der Waals surface area contributed by atoms with Gasteiger partial charge in [0.05, 0.1) is 0 Å². The molecule has 2 heterocycles. The SMILES string of the molecule is Cc1cc(CNCC(C)C)cc(N2CC(C)CC2C)n1. The molecule has 0 bridgehead atoms. The second-order valence-corrected chi connectivity index (χ2v) is 6.84. The van der Waals surface area contributed by atoms with Crippen LogP contribution in [-0.2, 0) is 6.54 Å². The van der Waals surface area contributed by atoms with E-state index in [9.17, 15) is 0 Å². The number of pyridine rings is 1. The van der Waals surface area contributed by atoms with E-state index in [4.69, 9.17) is 4.98 Å². The lowest BCUT2D eigenvalue weighted by atomic mass is 10.1. The topological polar surface area (TPSA) is 28.2 Å². The zero-order chi connectivity index (χ0) is 14.7. The minimum atomic E-state index is 0.607. The Labute approximate surface area is 123 Å². The van der Waals surface area contributed by atoms with Gasteiger partial charge in [0.1, 0.15) is 5.82 Å². The van der Waals surface area contributed by atoms with Crippen molar-refractivity contribution in [2.45, 2.75) is 53.6 Å². The Morgan fingerprint density at radius 1 is 1.35 bits per heavy atom. The summed E-state index contributed by atoms with van der Waals surface area (Å²) < 4.78 is 0. The van der Waals surface area contributed by atoms with Gasteiger partial charge in [0.2, 0.25) is 0 Å². The Hall–Kier alpha value is -1.09. The molecule has 1 aromatic rings. The van der Waals surface area contributed by atoms with Crippen molar-refractivity contribution in [2.24, 2.45) is 11.8 Å². The molecule has 3 heteroatoms. The van der Waals surface area contributed by atoms with Crippen LogP contribution in [0.2, 0.25) is 0 Å².